The minimum absolute atomic E-state index is 0.0577. The maximum atomic E-state index is 10.8. The van der Waals surface area contributed by atoms with Crippen molar-refractivity contribution in [3.8, 4) is 12.3 Å². The van der Waals surface area contributed by atoms with Gasteiger partial charge in [-0.05, 0) is 6.42 Å². The summed E-state index contributed by atoms with van der Waals surface area (Å²) in [4.78, 5) is 15.4. The normalized spacial score (nSPS) is 11.7. The van der Waals surface area contributed by atoms with E-state index in [1.165, 1.54) is 0 Å². The molecular weight excluding hydrogens is 144 g/mol. The quantitative estimate of drug-likeness (QED) is 0.324. The molecule has 0 fully saturated rings. The van der Waals surface area contributed by atoms with E-state index in [4.69, 9.17) is 12.2 Å². The molecule has 0 saturated heterocycles. The van der Waals surface area contributed by atoms with Crippen LogP contribution in [0, 0.1) is 12.3 Å². The van der Waals surface area contributed by atoms with E-state index < -0.39 is 6.04 Å². The van der Waals surface area contributed by atoms with Crippen molar-refractivity contribution in [2.45, 2.75) is 19.4 Å². The Morgan fingerprint density at radius 1 is 1.91 bits per heavy atom. The van der Waals surface area contributed by atoms with Gasteiger partial charge in [0.15, 0.2) is 0 Å². The Hall–Kier alpha value is -1.05. The van der Waals surface area contributed by atoms with Gasteiger partial charge in [0.2, 0.25) is 0 Å². The van der Waals surface area contributed by atoms with E-state index in [9.17, 15) is 4.79 Å². The summed E-state index contributed by atoms with van der Waals surface area (Å²) in [6.45, 7) is 1.87. The van der Waals surface area contributed by atoms with E-state index in [1.54, 1.807) is 0 Å². The van der Waals surface area contributed by atoms with Gasteiger partial charge in [0.25, 0.3) is 5.91 Å². The van der Waals surface area contributed by atoms with E-state index in [0.717, 1.165) is 0 Å². The van der Waals surface area contributed by atoms with Gasteiger partial charge in [-0.2, -0.15) is 0 Å². The third-order valence-electron chi connectivity index (χ3n) is 1.10. The van der Waals surface area contributed by atoms with Crippen LogP contribution in [0.1, 0.15) is 13.3 Å². The van der Waals surface area contributed by atoms with Crippen molar-refractivity contribution in [3.05, 3.63) is 0 Å². The van der Waals surface area contributed by atoms with Crippen LogP contribution in [0.25, 0.3) is 0 Å². The summed E-state index contributed by atoms with van der Waals surface area (Å²) < 4.78 is 0. The Labute approximate surface area is 66.0 Å². The fourth-order valence-corrected chi connectivity index (χ4v) is 0.410. The number of terminal acetylenes is 1. The van der Waals surface area contributed by atoms with Gasteiger partial charge >= 0.3 is 0 Å². The average Bonchev–Trinajstić information content (AvgIpc) is 2.03. The number of nitrogens with one attached hydrogen (secondary N) is 1. The van der Waals surface area contributed by atoms with Crippen molar-refractivity contribution in [2.24, 2.45) is 5.73 Å². The van der Waals surface area contributed by atoms with Crippen LogP contribution in [0.3, 0.4) is 0 Å². The minimum atomic E-state index is -0.521. The summed E-state index contributed by atoms with van der Waals surface area (Å²) in [7, 11) is 0. The van der Waals surface area contributed by atoms with Crippen LogP contribution in [-0.2, 0) is 9.63 Å². The molecule has 0 bridgehead atoms. The lowest BCUT2D eigenvalue weighted by Crippen LogP contribution is -2.40. The first-order chi connectivity index (χ1) is 5.22. The molecule has 1 amide bonds. The lowest BCUT2D eigenvalue weighted by Gasteiger charge is -2.07. The zero-order valence-corrected chi connectivity index (χ0v) is 6.46. The van der Waals surface area contributed by atoms with Gasteiger partial charge in [-0.15, -0.1) is 6.42 Å². The summed E-state index contributed by atoms with van der Waals surface area (Å²) in [5.41, 5.74) is 7.48. The third-order valence-corrected chi connectivity index (χ3v) is 1.10. The van der Waals surface area contributed by atoms with E-state index in [-0.39, 0.29) is 12.5 Å². The van der Waals surface area contributed by atoms with Crippen molar-refractivity contribution < 1.29 is 9.63 Å². The van der Waals surface area contributed by atoms with Gasteiger partial charge in [-0.1, -0.05) is 12.8 Å². The van der Waals surface area contributed by atoms with Gasteiger partial charge in [0, 0.05) is 0 Å². The highest BCUT2D eigenvalue weighted by Gasteiger charge is 2.09. The molecule has 11 heavy (non-hydrogen) atoms. The van der Waals surface area contributed by atoms with Crippen LogP contribution < -0.4 is 11.2 Å². The largest absolute Gasteiger partial charge is 0.320 e. The summed E-state index contributed by atoms with van der Waals surface area (Å²) in [5, 5.41) is 0. The molecule has 0 saturated carbocycles. The Bertz CT molecular complexity index is 162. The third kappa shape index (κ3) is 4.37. The first-order valence-corrected chi connectivity index (χ1v) is 3.33. The Morgan fingerprint density at radius 3 is 3.00 bits per heavy atom. The van der Waals surface area contributed by atoms with Crippen LogP contribution >= 0.6 is 0 Å². The second-order valence-electron chi connectivity index (χ2n) is 1.97. The standard InChI is InChI=1S/C7H12N2O2/c1-3-5-11-9-7(10)6(8)4-2/h1,6H,4-5,8H2,2H3,(H,9,10)/t6-/m0/s1. The van der Waals surface area contributed by atoms with E-state index in [1.807, 2.05) is 6.92 Å². The fraction of sp³-hybridized carbons (Fsp3) is 0.571. The van der Waals surface area contributed by atoms with Crippen LogP contribution in [0.2, 0.25) is 0 Å². The number of hydrogen-bond acceptors (Lipinski definition) is 3. The number of carbonyl (C=O) groups excluding carboxylic acids is 1. The van der Waals surface area contributed by atoms with Crippen molar-refractivity contribution in [2.75, 3.05) is 6.61 Å². The number of nitrogens with two attached hydrogens (primary N) is 1. The van der Waals surface area contributed by atoms with Gasteiger partial charge in [0.05, 0.1) is 6.04 Å². The molecule has 0 aliphatic rings. The van der Waals surface area contributed by atoms with Crippen LogP contribution in [0.15, 0.2) is 0 Å². The summed E-state index contributed by atoms with van der Waals surface area (Å²) in [5.74, 6) is 1.86. The predicted molar refractivity (Wildman–Crippen MR) is 41.2 cm³/mol. The van der Waals surface area contributed by atoms with Gasteiger partial charge in [0.1, 0.15) is 6.61 Å². The van der Waals surface area contributed by atoms with Gasteiger partial charge in [-0.3, -0.25) is 9.63 Å². The zero-order chi connectivity index (χ0) is 8.69. The summed E-state index contributed by atoms with van der Waals surface area (Å²) in [6.07, 6.45) is 5.44. The van der Waals surface area contributed by atoms with Crippen molar-refractivity contribution >= 4 is 5.91 Å². The summed E-state index contributed by atoms with van der Waals surface area (Å²) >= 11 is 0. The monoisotopic (exact) mass is 156 g/mol. The molecule has 4 heteroatoms. The lowest BCUT2D eigenvalue weighted by atomic mass is 10.2. The Kier molecular flexibility index (Phi) is 5.17. The molecule has 0 aromatic heterocycles. The van der Waals surface area contributed by atoms with Gasteiger partial charge in [-0.25, -0.2) is 5.48 Å². The molecule has 0 aromatic rings. The van der Waals surface area contributed by atoms with Crippen molar-refractivity contribution in [1.82, 2.24) is 5.48 Å². The molecule has 0 unspecified atom stereocenters. The molecule has 3 N–H and O–H groups in total. The van der Waals surface area contributed by atoms with Crippen LogP contribution in [-0.4, -0.2) is 18.6 Å². The van der Waals surface area contributed by atoms with E-state index in [0.29, 0.717) is 6.42 Å². The van der Waals surface area contributed by atoms with E-state index in [2.05, 4.69) is 16.2 Å². The predicted octanol–water partition coefficient (Wildman–Crippen LogP) is -0.595. The Morgan fingerprint density at radius 2 is 2.55 bits per heavy atom. The molecule has 4 nitrogen and oxygen atoms in total. The number of hydroxylamine groups is 1. The minimum Gasteiger partial charge on any atom is -0.320 e. The number of hydrogen-bond donors (Lipinski definition) is 2. The molecule has 0 spiro atoms. The molecule has 0 aromatic carbocycles. The SMILES string of the molecule is C#CCONC(=O)[C@@H](N)CC. The molecule has 0 rings (SSSR count). The highest BCUT2D eigenvalue weighted by atomic mass is 16.6. The molecule has 0 aliphatic carbocycles. The molecule has 1 atom stereocenters. The lowest BCUT2D eigenvalue weighted by molar-refractivity contribution is -0.133. The Balaban J connectivity index is 3.46. The van der Waals surface area contributed by atoms with Crippen molar-refractivity contribution in [1.29, 1.82) is 0 Å². The van der Waals surface area contributed by atoms with Crippen LogP contribution in [0.5, 0.6) is 0 Å². The van der Waals surface area contributed by atoms with E-state index >= 15 is 0 Å². The summed E-state index contributed by atoms with van der Waals surface area (Å²) in [6, 6.07) is -0.521. The van der Waals surface area contributed by atoms with Crippen molar-refractivity contribution in [3.63, 3.8) is 0 Å². The molecule has 0 radical (unpaired) electrons. The fourth-order valence-electron chi connectivity index (χ4n) is 0.410. The van der Waals surface area contributed by atoms with Gasteiger partial charge < -0.3 is 5.73 Å². The smallest absolute Gasteiger partial charge is 0.260 e. The highest BCUT2D eigenvalue weighted by molar-refractivity contribution is 5.80. The maximum Gasteiger partial charge on any atom is 0.260 e. The zero-order valence-electron chi connectivity index (χ0n) is 6.46. The van der Waals surface area contributed by atoms with Crippen LogP contribution in [0.4, 0.5) is 0 Å². The topological polar surface area (TPSA) is 64.3 Å². The number of amides is 1. The maximum absolute atomic E-state index is 10.8. The first kappa shape index (κ1) is 9.95. The highest BCUT2D eigenvalue weighted by Crippen LogP contribution is 1.84. The number of carbonyl (C=O) groups is 1. The number of rotatable bonds is 4. The second kappa shape index (κ2) is 5.71. The molecular formula is C7H12N2O2. The average molecular weight is 156 g/mol. The second-order valence-corrected chi connectivity index (χ2v) is 1.97. The molecule has 62 valence electrons. The molecule has 0 aliphatic heterocycles. The first-order valence-electron chi connectivity index (χ1n) is 3.33. The molecule has 0 heterocycles.